The molecule has 98 valence electrons. The van der Waals surface area contributed by atoms with Gasteiger partial charge in [-0.05, 0) is 18.2 Å². The van der Waals surface area contributed by atoms with Crippen LogP contribution in [0.3, 0.4) is 0 Å². The fourth-order valence-electron chi connectivity index (χ4n) is 1.54. The number of carbonyl (C=O) groups is 1. The summed E-state index contributed by atoms with van der Waals surface area (Å²) in [7, 11) is 3.90. The average Bonchev–Trinajstić information content (AvgIpc) is 2.39. The van der Waals surface area contributed by atoms with Gasteiger partial charge >= 0.3 is 5.97 Å². The van der Waals surface area contributed by atoms with Crippen LogP contribution in [0.4, 0.5) is 17.2 Å². The second-order valence-electron chi connectivity index (χ2n) is 4.16. The Labute approximate surface area is 110 Å². The Balaban J connectivity index is 2.23. The summed E-state index contributed by atoms with van der Waals surface area (Å²) in [6.07, 6.45) is 2.69. The second kappa shape index (κ2) is 5.34. The number of benzene rings is 1. The zero-order chi connectivity index (χ0) is 13.8. The quantitative estimate of drug-likeness (QED) is 0.873. The van der Waals surface area contributed by atoms with Crippen LogP contribution in [0.1, 0.15) is 10.5 Å². The number of aromatic carboxylic acids is 1. The summed E-state index contributed by atoms with van der Waals surface area (Å²) in [4.78, 5) is 20.6. The first-order valence-corrected chi connectivity index (χ1v) is 5.66. The predicted molar refractivity (Wildman–Crippen MR) is 73.0 cm³/mol. The molecule has 0 fully saturated rings. The van der Waals surface area contributed by atoms with E-state index in [2.05, 4.69) is 15.3 Å². The molecule has 1 heterocycles. The van der Waals surface area contributed by atoms with Crippen molar-refractivity contribution in [3.63, 3.8) is 0 Å². The van der Waals surface area contributed by atoms with Crippen molar-refractivity contribution < 1.29 is 9.90 Å². The molecule has 0 bridgehead atoms. The molecule has 0 saturated heterocycles. The standard InChI is InChI=1S/C13H14N4O2/c1-17(2)10-5-3-4-9(6-10)15-12-8-14-7-11(16-12)13(18)19/h3-8H,1-2H3,(H,15,16)(H,18,19). The normalized spacial score (nSPS) is 10.0. The maximum absolute atomic E-state index is 10.8. The van der Waals surface area contributed by atoms with Crippen molar-refractivity contribution >= 4 is 23.2 Å². The zero-order valence-electron chi connectivity index (χ0n) is 10.7. The number of hydrogen-bond acceptors (Lipinski definition) is 5. The number of nitrogens with one attached hydrogen (secondary N) is 1. The van der Waals surface area contributed by atoms with Crippen molar-refractivity contribution in [3.8, 4) is 0 Å². The Morgan fingerprint density at radius 1 is 1.32 bits per heavy atom. The first kappa shape index (κ1) is 12.8. The molecule has 0 aliphatic heterocycles. The zero-order valence-corrected chi connectivity index (χ0v) is 10.7. The average molecular weight is 258 g/mol. The fourth-order valence-corrected chi connectivity index (χ4v) is 1.54. The summed E-state index contributed by atoms with van der Waals surface area (Å²) in [6, 6.07) is 7.70. The Hall–Kier alpha value is -2.63. The molecule has 0 unspecified atom stereocenters. The molecular weight excluding hydrogens is 244 g/mol. The Bertz CT molecular complexity index is 599. The minimum absolute atomic E-state index is 0.0891. The molecule has 0 saturated carbocycles. The molecule has 1 aromatic heterocycles. The van der Waals surface area contributed by atoms with E-state index in [0.717, 1.165) is 11.4 Å². The minimum Gasteiger partial charge on any atom is -0.476 e. The highest BCUT2D eigenvalue weighted by Gasteiger charge is 2.06. The van der Waals surface area contributed by atoms with Crippen molar-refractivity contribution in [1.29, 1.82) is 0 Å². The number of anilines is 3. The molecule has 6 heteroatoms. The first-order valence-electron chi connectivity index (χ1n) is 5.66. The van der Waals surface area contributed by atoms with Gasteiger partial charge in [0.1, 0.15) is 5.82 Å². The van der Waals surface area contributed by atoms with Crippen molar-refractivity contribution in [2.45, 2.75) is 0 Å². The summed E-state index contributed by atoms with van der Waals surface area (Å²) in [5.74, 6) is -0.700. The van der Waals surface area contributed by atoms with Gasteiger partial charge in [-0.15, -0.1) is 0 Å². The molecule has 1 aromatic carbocycles. The van der Waals surface area contributed by atoms with Gasteiger partial charge in [-0.1, -0.05) is 6.07 Å². The number of aromatic nitrogens is 2. The Morgan fingerprint density at radius 3 is 2.79 bits per heavy atom. The summed E-state index contributed by atoms with van der Waals surface area (Å²) in [6.45, 7) is 0. The highest BCUT2D eigenvalue weighted by molar-refractivity contribution is 5.85. The van der Waals surface area contributed by atoms with Crippen LogP contribution in [-0.2, 0) is 0 Å². The number of nitrogens with zero attached hydrogens (tertiary/aromatic N) is 3. The van der Waals surface area contributed by atoms with Crippen molar-refractivity contribution in [2.24, 2.45) is 0 Å². The van der Waals surface area contributed by atoms with Gasteiger partial charge in [0.25, 0.3) is 0 Å². The highest BCUT2D eigenvalue weighted by Crippen LogP contribution is 2.20. The van der Waals surface area contributed by atoms with E-state index in [1.54, 1.807) is 0 Å². The Kier molecular flexibility index (Phi) is 3.61. The number of rotatable bonds is 4. The summed E-state index contributed by atoms with van der Waals surface area (Å²) >= 11 is 0. The monoisotopic (exact) mass is 258 g/mol. The van der Waals surface area contributed by atoms with Crippen LogP contribution in [0, 0.1) is 0 Å². The van der Waals surface area contributed by atoms with Crippen LogP contribution in [0.5, 0.6) is 0 Å². The molecule has 6 nitrogen and oxygen atoms in total. The topological polar surface area (TPSA) is 78.4 Å². The fraction of sp³-hybridized carbons (Fsp3) is 0.154. The van der Waals surface area contributed by atoms with Gasteiger partial charge in [0.15, 0.2) is 5.69 Å². The molecule has 0 radical (unpaired) electrons. The van der Waals surface area contributed by atoms with E-state index in [1.807, 2.05) is 43.3 Å². The minimum atomic E-state index is -1.10. The SMILES string of the molecule is CN(C)c1cccc(Nc2cncc(C(=O)O)n2)c1. The molecule has 19 heavy (non-hydrogen) atoms. The summed E-state index contributed by atoms with van der Waals surface area (Å²) < 4.78 is 0. The summed E-state index contributed by atoms with van der Waals surface area (Å²) in [5, 5.41) is 11.9. The van der Waals surface area contributed by atoms with E-state index in [0.29, 0.717) is 5.82 Å². The third kappa shape index (κ3) is 3.19. The van der Waals surface area contributed by atoms with Gasteiger partial charge in [-0.25, -0.2) is 9.78 Å². The van der Waals surface area contributed by atoms with E-state index in [4.69, 9.17) is 5.11 Å². The van der Waals surface area contributed by atoms with Crippen molar-refractivity contribution in [2.75, 3.05) is 24.3 Å². The molecule has 0 atom stereocenters. The van der Waals surface area contributed by atoms with Gasteiger partial charge in [-0.3, -0.25) is 4.98 Å². The number of hydrogen-bond donors (Lipinski definition) is 2. The van der Waals surface area contributed by atoms with E-state index in [1.165, 1.54) is 12.4 Å². The first-order chi connectivity index (χ1) is 9.06. The molecule has 2 N–H and O–H groups in total. The lowest BCUT2D eigenvalue weighted by atomic mass is 10.2. The van der Waals surface area contributed by atoms with E-state index in [9.17, 15) is 4.79 Å². The third-order valence-corrected chi connectivity index (χ3v) is 2.49. The van der Waals surface area contributed by atoms with Gasteiger partial charge in [0, 0.05) is 25.5 Å². The smallest absolute Gasteiger partial charge is 0.356 e. The third-order valence-electron chi connectivity index (χ3n) is 2.49. The predicted octanol–water partition coefficient (Wildman–Crippen LogP) is 1.98. The van der Waals surface area contributed by atoms with Gasteiger partial charge in [-0.2, -0.15) is 0 Å². The van der Waals surface area contributed by atoms with Crippen molar-refractivity contribution in [3.05, 3.63) is 42.4 Å². The molecular formula is C13H14N4O2. The van der Waals surface area contributed by atoms with Crippen LogP contribution < -0.4 is 10.2 Å². The maximum Gasteiger partial charge on any atom is 0.356 e. The molecule has 0 amide bonds. The van der Waals surface area contributed by atoms with Gasteiger partial charge in [0.2, 0.25) is 0 Å². The van der Waals surface area contributed by atoms with Gasteiger partial charge in [0.05, 0.1) is 12.4 Å². The van der Waals surface area contributed by atoms with Gasteiger partial charge < -0.3 is 15.3 Å². The van der Waals surface area contributed by atoms with E-state index >= 15 is 0 Å². The lowest BCUT2D eigenvalue weighted by Gasteiger charge is -2.14. The molecule has 0 aliphatic rings. The van der Waals surface area contributed by atoms with Crippen LogP contribution >= 0.6 is 0 Å². The molecule has 0 spiro atoms. The Morgan fingerprint density at radius 2 is 2.11 bits per heavy atom. The highest BCUT2D eigenvalue weighted by atomic mass is 16.4. The molecule has 2 rings (SSSR count). The van der Waals surface area contributed by atoms with Crippen LogP contribution in [0.2, 0.25) is 0 Å². The van der Waals surface area contributed by atoms with Crippen LogP contribution in [0.15, 0.2) is 36.7 Å². The number of carboxylic acid groups (broad SMARTS) is 1. The largest absolute Gasteiger partial charge is 0.476 e. The lowest BCUT2D eigenvalue weighted by molar-refractivity contribution is 0.0690. The van der Waals surface area contributed by atoms with E-state index < -0.39 is 5.97 Å². The molecule has 2 aromatic rings. The second-order valence-corrected chi connectivity index (χ2v) is 4.16. The van der Waals surface area contributed by atoms with E-state index in [-0.39, 0.29) is 5.69 Å². The van der Waals surface area contributed by atoms with Crippen LogP contribution in [0.25, 0.3) is 0 Å². The number of carboxylic acids is 1. The maximum atomic E-state index is 10.8. The van der Waals surface area contributed by atoms with Crippen LogP contribution in [-0.4, -0.2) is 35.1 Å². The molecule has 0 aliphatic carbocycles. The summed E-state index contributed by atoms with van der Waals surface area (Å²) in [5.41, 5.74) is 1.77. The lowest BCUT2D eigenvalue weighted by Crippen LogP contribution is -2.09. The van der Waals surface area contributed by atoms with Crippen molar-refractivity contribution in [1.82, 2.24) is 9.97 Å².